The normalized spacial score (nSPS) is 12.4. The van der Waals surface area contributed by atoms with E-state index in [2.05, 4.69) is 0 Å². The van der Waals surface area contributed by atoms with Crippen LogP contribution in [0.3, 0.4) is 0 Å². The molecule has 0 spiro atoms. The van der Waals surface area contributed by atoms with Crippen molar-refractivity contribution < 1.29 is 17.9 Å². The number of halogens is 1. The van der Waals surface area contributed by atoms with Crippen LogP contribution in [0.5, 0.6) is 0 Å². The van der Waals surface area contributed by atoms with Crippen molar-refractivity contribution in [3.63, 3.8) is 0 Å². The molecule has 1 N–H and O–H groups in total. The lowest BCUT2D eigenvalue weighted by Crippen LogP contribution is -2.31. The van der Waals surface area contributed by atoms with Crippen molar-refractivity contribution in [2.75, 3.05) is 13.6 Å². The molecule has 1 rings (SSSR count). The minimum Gasteiger partial charge on any atom is -0.392 e. The molecule has 1 aromatic rings. The number of hydrogen-bond acceptors (Lipinski definition) is 3. The van der Waals surface area contributed by atoms with Gasteiger partial charge >= 0.3 is 0 Å². The lowest BCUT2D eigenvalue weighted by atomic mass is 10.2. The summed E-state index contributed by atoms with van der Waals surface area (Å²) in [6.45, 7) is 3.68. The summed E-state index contributed by atoms with van der Waals surface area (Å²) >= 11 is 0. The summed E-state index contributed by atoms with van der Waals surface area (Å²) in [4.78, 5) is -0.173. The van der Waals surface area contributed by atoms with Crippen LogP contribution >= 0.6 is 0 Å². The molecule has 0 aromatic heterocycles. The van der Waals surface area contributed by atoms with Gasteiger partial charge in [0, 0.05) is 13.6 Å². The molecule has 1 aromatic carbocycles. The second kappa shape index (κ2) is 5.77. The van der Waals surface area contributed by atoms with Gasteiger partial charge in [-0.05, 0) is 23.6 Å². The van der Waals surface area contributed by atoms with Crippen molar-refractivity contribution in [1.82, 2.24) is 4.31 Å². The average molecular weight is 275 g/mol. The first kappa shape index (κ1) is 15.1. The first-order valence-corrected chi connectivity index (χ1v) is 7.08. The van der Waals surface area contributed by atoms with E-state index in [4.69, 9.17) is 5.11 Å². The van der Waals surface area contributed by atoms with Crippen LogP contribution in [-0.2, 0) is 16.6 Å². The molecule has 0 unspecified atom stereocenters. The van der Waals surface area contributed by atoms with Crippen molar-refractivity contribution in [1.29, 1.82) is 0 Å². The summed E-state index contributed by atoms with van der Waals surface area (Å²) in [6, 6.07) is 3.36. The maximum absolute atomic E-state index is 13.2. The Kier molecular flexibility index (Phi) is 4.84. The molecular formula is C12H18FNO3S. The Labute approximate surface area is 107 Å². The summed E-state index contributed by atoms with van der Waals surface area (Å²) in [5.74, 6) is -0.473. The molecule has 6 heteroatoms. The molecule has 0 atom stereocenters. The molecule has 0 saturated heterocycles. The van der Waals surface area contributed by atoms with Gasteiger partial charge in [0.05, 0.1) is 11.5 Å². The Bertz CT molecular complexity index is 514. The molecule has 0 saturated carbocycles. The molecule has 18 heavy (non-hydrogen) atoms. The maximum Gasteiger partial charge on any atom is 0.243 e. The molecular weight excluding hydrogens is 257 g/mol. The van der Waals surface area contributed by atoms with Crippen molar-refractivity contribution in [3.8, 4) is 0 Å². The van der Waals surface area contributed by atoms with Gasteiger partial charge in [0.1, 0.15) is 5.82 Å². The Morgan fingerprint density at radius 1 is 1.39 bits per heavy atom. The van der Waals surface area contributed by atoms with E-state index in [0.29, 0.717) is 6.54 Å². The van der Waals surface area contributed by atoms with E-state index in [1.54, 1.807) is 0 Å². The quantitative estimate of drug-likeness (QED) is 0.888. The van der Waals surface area contributed by atoms with Crippen LogP contribution in [0.1, 0.15) is 19.4 Å². The van der Waals surface area contributed by atoms with Crippen molar-refractivity contribution in [2.45, 2.75) is 25.3 Å². The predicted octanol–water partition coefficient (Wildman–Crippen LogP) is 1.59. The fraction of sp³-hybridized carbons (Fsp3) is 0.500. The van der Waals surface area contributed by atoms with Crippen LogP contribution in [0, 0.1) is 11.7 Å². The fourth-order valence-corrected chi connectivity index (χ4v) is 3.23. The van der Waals surface area contributed by atoms with Crippen molar-refractivity contribution in [2.24, 2.45) is 5.92 Å². The smallest absolute Gasteiger partial charge is 0.243 e. The minimum absolute atomic E-state index is 0.163. The van der Waals surface area contributed by atoms with Gasteiger partial charge in [0.15, 0.2) is 0 Å². The molecule has 0 amide bonds. The van der Waals surface area contributed by atoms with Crippen LogP contribution < -0.4 is 0 Å². The van der Waals surface area contributed by atoms with Crippen LogP contribution in [0.4, 0.5) is 4.39 Å². The van der Waals surface area contributed by atoms with Crippen LogP contribution in [0.25, 0.3) is 0 Å². The molecule has 0 aliphatic heterocycles. The van der Waals surface area contributed by atoms with E-state index in [-0.39, 0.29) is 16.4 Å². The molecule has 0 fully saturated rings. The second-order valence-electron chi connectivity index (χ2n) is 4.59. The molecule has 0 radical (unpaired) electrons. The highest BCUT2D eigenvalue weighted by atomic mass is 32.2. The average Bonchev–Trinajstić information content (AvgIpc) is 2.28. The zero-order valence-electron chi connectivity index (χ0n) is 10.7. The zero-order valence-corrected chi connectivity index (χ0v) is 11.5. The Morgan fingerprint density at radius 3 is 2.50 bits per heavy atom. The molecule has 0 heterocycles. The number of hydrogen-bond donors (Lipinski definition) is 1. The Balaban J connectivity index is 3.23. The third-order valence-corrected chi connectivity index (χ3v) is 4.42. The largest absolute Gasteiger partial charge is 0.392 e. The number of aliphatic hydroxyl groups is 1. The van der Waals surface area contributed by atoms with Gasteiger partial charge in [0.2, 0.25) is 10.0 Å². The Hall–Kier alpha value is -0.980. The van der Waals surface area contributed by atoms with Gasteiger partial charge < -0.3 is 5.11 Å². The van der Waals surface area contributed by atoms with E-state index >= 15 is 0 Å². The van der Waals surface area contributed by atoms with Gasteiger partial charge in [-0.15, -0.1) is 0 Å². The number of aliphatic hydroxyl groups excluding tert-OH is 1. The third-order valence-electron chi connectivity index (χ3n) is 2.51. The number of sulfonamides is 1. The molecule has 0 aliphatic rings. The van der Waals surface area contributed by atoms with E-state index in [0.717, 1.165) is 12.1 Å². The lowest BCUT2D eigenvalue weighted by Gasteiger charge is -2.20. The van der Waals surface area contributed by atoms with Crippen LogP contribution in [0.15, 0.2) is 23.1 Å². The van der Waals surface area contributed by atoms with Gasteiger partial charge in [-0.2, -0.15) is 0 Å². The van der Waals surface area contributed by atoms with Gasteiger partial charge in [-0.3, -0.25) is 0 Å². The SMILES string of the molecule is CC(C)CN(C)S(=O)(=O)c1cc(F)ccc1CO. The molecule has 4 nitrogen and oxygen atoms in total. The van der Waals surface area contributed by atoms with E-state index in [1.807, 2.05) is 13.8 Å². The van der Waals surface area contributed by atoms with Crippen molar-refractivity contribution in [3.05, 3.63) is 29.6 Å². The minimum atomic E-state index is -3.77. The zero-order chi connectivity index (χ0) is 13.9. The molecule has 0 bridgehead atoms. The first-order valence-electron chi connectivity index (χ1n) is 5.64. The monoisotopic (exact) mass is 275 g/mol. The van der Waals surface area contributed by atoms with E-state index in [1.165, 1.54) is 17.4 Å². The van der Waals surface area contributed by atoms with Gasteiger partial charge in [-0.25, -0.2) is 17.1 Å². The van der Waals surface area contributed by atoms with E-state index in [9.17, 15) is 12.8 Å². The first-order chi connectivity index (χ1) is 8.28. The number of nitrogens with zero attached hydrogens (tertiary/aromatic N) is 1. The second-order valence-corrected chi connectivity index (χ2v) is 6.60. The molecule has 0 aliphatic carbocycles. The Morgan fingerprint density at radius 2 is 2.00 bits per heavy atom. The number of rotatable bonds is 5. The number of benzene rings is 1. The summed E-state index contributed by atoms with van der Waals surface area (Å²) in [7, 11) is -2.32. The third kappa shape index (κ3) is 3.28. The fourth-order valence-electron chi connectivity index (χ4n) is 1.68. The highest BCUT2D eigenvalue weighted by molar-refractivity contribution is 7.89. The summed E-state index contributed by atoms with van der Waals surface area (Å²) in [5.41, 5.74) is 0.201. The van der Waals surface area contributed by atoms with Crippen LogP contribution in [-0.4, -0.2) is 31.4 Å². The summed E-state index contributed by atoms with van der Waals surface area (Å²) in [6.07, 6.45) is 0. The maximum atomic E-state index is 13.2. The van der Waals surface area contributed by atoms with E-state index < -0.39 is 22.4 Å². The summed E-state index contributed by atoms with van der Waals surface area (Å²) < 4.78 is 38.8. The van der Waals surface area contributed by atoms with Crippen LogP contribution in [0.2, 0.25) is 0 Å². The van der Waals surface area contributed by atoms with Gasteiger partial charge in [-0.1, -0.05) is 19.9 Å². The standard InChI is InChI=1S/C12H18FNO3S/c1-9(2)7-14(3)18(16,17)12-6-11(13)5-4-10(12)8-15/h4-6,9,15H,7-8H2,1-3H3. The summed E-state index contributed by atoms with van der Waals surface area (Å²) in [5, 5.41) is 9.13. The highest BCUT2D eigenvalue weighted by Gasteiger charge is 2.24. The predicted molar refractivity (Wildman–Crippen MR) is 67.0 cm³/mol. The van der Waals surface area contributed by atoms with Gasteiger partial charge in [0.25, 0.3) is 0 Å². The topological polar surface area (TPSA) is 57.6 Å². The lowest BCUT2D eigenvalue weighted by molar-refractivity contribution is 0.277. The van der Waals surface area contributed by atoms with Crippen molar-refractivity contribution >= 4 is 10.0 Å². The highest BCUT2D eigenvalue weighted by Crippen LogP contribution is 2.21. The molecule has 102 valence electrons.